The molecule has 0 N–H and O–H groups in total. The van der Waals surface area contributed by atoms with E-state index in [4.69, 9.17) is 14.2 Å². The third-order valence-electron chi connectivity index (χ3n) is 6.06. The Balaban J connectivity index is 1.39. The van der Waals surface area contributed by atoms with E-state index in [0.717, 1.165) is 19.3 Å². The maximum absolute atomic E-state index is 12.5. The number of hydrogen-bond donors (Lipinski definition) is 0. The molecule has 3 rings (SSSR count). The molecule has 5 nitrogen and oxygen atoms in total. The number of rotatable bonds is 8. The topological polar surface area (TPSA) is 61.8 Å². The van der Waals surface area contributed by atoms with Gasteiger partial charge in [0.15, 0.2) is 0 Å². The summed E-state index contributed by atoms with van der Waals surface area (Å²) in [6.07, 6.45) is 9.02. The summed E-state index contributed by atoms with van der Waals surface area (Å²) in [6, 6.07) is 0. The third-order valence-corrected chi connectivity index (χ3v) is 11.3. The van der Waals surface area contributed by atoms with Crippen LogP contribution in [-0.2, 0) is 23.8 Å². The second-order valence-corrected chi connectivity index (χ2v) is 13.9. The Bertz CT molecular complexity index is 494. The van der Waals surface area contributed by atoms with Gasteiger partial charge < -0.3 is 0 Å². The fourth-order valence-corrected chi connectivity index (χ4v) is 5.56. The molecule has 150 valence electrons. The summed E-state index contributed by atoms with van der Waals surface area (Å²) in [5, 5.41) is 0. The number of hydrogen-bond acceptors (Lipinski definition) is 5. The van der Waals surface area contributed by atoms with Gasteiger partial charge in [0.05, 0.1) is 0 Å². The van der Waals surface area contributed by atoms with Crippen LogP contribution in [0.5, 0.6) is 0 Å². The average molecular weight is 591 g/mol. The van der Waals surface area contributed by atoms with Gasteiger partial charge in [-0.3, -0.25) is 0 Å². The molecule has 0 aromatic rings. The average Bonchev–Trinajstić information content (AvgIpc) is 3.25. The minimum absolute atomic E-state index is 0.00381. The quantitative estimate of drug-likeness (QED) is 0.136. The van der Waals surface area contributed by atoms with Crippen LogP contribution in [0.2, 0.25) is 0 Å². The zero-order valence-electron chi connectivity index (χ0n) is 15.3. The number of esters is 2. The van der Waals surface area contributed by atoms with Crippen molar-refractivity contribution < 1.29 is 45.0 Å². The van der Waals surface area contributed by atoms with E-state index >= 15 is 0 Å². The predicted molar refractivity (Wildman–Crippen MR) is 101 cm³/mol. The molecular formula is C19H29I2O5-. The molecule has 3 saturated carbocycles. The first-order chi connectivity index (χ1) is 12.6. The van der Waals surface area contributed by atoms with Gasteiger partial charge in [-0.05, 0) is 12.8 Å². The normalized spacial score (nSPS) is 32.5. The molecule has 2 bridgehead atoms. The van der Waals surface area contributed by atoms with Gasteiger partial charge in [0.1, 0.15) is 0 Å². The van der Waals surface area contributed by atoms with Crippen LogP contribution in [0.25, 0.3) is 0 Å². The van der Waals surface area contributed by atoms with Crippen molar-refractivity contribution in [2.45, 2.75) is 59.4 Å². The fraction of sp³-hybridized carbons (Fsp3) is 0.895. The van der Waals surface area contributed by atoms with Gasteiger partial charge >= 0.3 is 149 Å². The van der Waals surface area contributed by atoms with Crippen LogP contribution in [0.1, 0.15) is 51.4 Å². The van der Waals surface area contributed by atoms with E-state index in [0.29, 0.717) is 18.4 Å². The molecule has 0 aromatic carbocycles. The summed E-state index contributed by atoms with van der Waals surface area (Å²) >= 11 is 2.01. The molecule has 3 aliphatic rings. The Kier molecular flexibility index (Phi) is 8.29. The van der Waals surface area contributed by atoms with Crippen molar-refractivity contribution in [1.29, 1.82) is 0 Å². The van der Waals surface area contributed by atoms with Crippen molar-refractivity contribution in [1.82, 2.24) is 0 Å². The number of alkyl halides is 3. The minimum atomic E-state index is -0.171. The fourth-order valence-electron chi connectivity index (χ4n) is 4.76. The van der Waals surface area contributed by atoms with Crippen molar-refractivity contribution in [2.75, 3.05) is 18.3 Å². The number of fused-ring (bicyclic) bond motifs is 2. The zero-order valence-corrected chi connectivity index (χ0v) is 19.6. The predicted octanol–water partition coefficient (Wildman–Crippen LogP) is 0.522. The summed E-state index contributed by atoms with van der Waals surface area (Å²) in [6.45, 7) is 0.755. The van der Waals surface area contributed by atoms with Crippen LogP contribution >= 0.6 is 22.6 Å². The van der Waals surface area contributed by atoms with Crippen molar-refractivity contribution in [2.24, 2.45) is 23.7 Å². The van der Waals surface area contributed by atoms with E-state index in [1.807, 2.05) is 0 Å². The van der Waals surface area contributed by atoms with Gasteiger partial charge in [0.25, 0.3) is 0 Å². The Morgan fingerprint density at radius 3 is 2.62 bits per heavy atom. The second kappa shape index (κ2) is 10.2. The van der Waals surface area contributed by atoms with E-state index in [1.54, 1.807) is 0 Å². The van der Waals surface area contributed by atoms with Gasteiger partial charge in [-0.2, -0.15) is 0 Å². The molecule has 7 heteroatoms. The van der Waals surface area contributed by atoms with Crippen LogP contribution in [0.4, 0.5) is 0 Å². The summed E-state index contributed by atoms with van der Waals surface area (Å²) in [5.41, 5.74) is 0. The SMILES string of the molecule is C[I-]C(I)C(=O)OC1CC2CC(C(=O)OCOCC3CCCCC3)C1C2. The third kappa shape index (κ3) is 5.46. The summed E-state index contributed by atoms with van der Waals surface area (Å²) in [5.74, 6) is 0.846. The molecule has 0 aliphatic heterocycles. The van der Waals surface area contributed by atoms with Gasteiger partial charge in [0, 0.05) is 0 Å². The van der Waals surface area contributed by atoms with Gasteiger partial charge in [-0.25, -0.2) is 0 Å². The van der Waals surface area contributed by atoms with Crippen molar-refractivity contribution in [3.63, 3.8) is 0 Å². The maximum atomic E-state index is 12.5. The van der Waals surface area contributed by atoms with Crippen LogP contribution in [-0.4, -0.2) is 38.3 Å². The van der Waals surface area contributed by atoms with Crippen LogP contribution in [0, 0.1) is 23.7 Å². The number of halogens is 2. The van der Waals surface area contributed by atoms with Crippen LogP contribution in [0.15, 0.2) is 0 Å². The summed E-state index contributed by atoms with van der Waals surface area (Å²) in [7, 11) is 0. The molecule has 0 amide bonds. The molecule has 5 atom stereocenters. The molecule has 0 radical (unpaired) electrons. The molecule has 0 saturated heterocycles. The van der Waals surface area contributed by atoms with Gasteiger partial charge in [-0.1, -0.05) is 19.3 Å². The second-order valence-electron chi connectivity index (χ2n) is 7.79. The molecular weight excluding hydrogens is 562 g/mol. The van der Waals surface area contributed by atoms with Crippen molar-refractivity contribution in [3.8, 4) is 0 Å². The van der Waals surface area contributed by atoms with Crippen molar-refractivity contribution in [3.05, 3.63) is 0 Å². The van der Waals surface area contributed by atoms with Crippen LogP contribution in [0.3, 0.4) is 0 Å². The molecule has 0 heterocycles. The van der Waals surface area contributed by atoms with Gasteiger partial charge in [-0.15, -0.1) is 0 Å². The van der Waals surface area contributed by atoms with E-state index in [9.17, 15) is 9.59 Å². The van der Waals surface area contributed by atoms with E-state index in [-0.39, 0.29) is 59.8 Å². The standard InChI is InChI=1S/C19H29I2O5/c1-21-17(20)19(23)26-16-9-13-7-14(16)15(8-13)18(22)25-11-24-10-12-5-3-2-4-6-12/h12-17H,2-11H2,1H3/q-1. The molecule has 5 unspecified atom stereocenters. The van der Waals surface area contributed by atoms with Gasteiger partial charge in [0.2, 0.25) is 0 Å². The number of carbonyl (C=O) groups is 2. The molecule has 0 spiro atoms. The Morgan fingerprint density at radius 2 is 1.92 bits per heavy atom. The van der Waals surface area contributed by atoms with E-state index in [2.05, 4.69) is 27.5 Å². The van der Waals surface area contributed by atoms with Crippen LogP contribution < -0.4 is 21.2 Å². The number of ether oxygens (including phenoxy) is 3. The van der Waals surface area contributed by atoms with E-state index in [1.165, 1.54) is 32.1 Å². The Morgan fingerprint density at radius 1 is 1.15 bits per heavy atom. The summed E-state index contributed by atoms with van der Waals surface area (Å²) < 4.78 is 16.7. The monoisotopic (exact) mass is 591 g/mol. The van der Waals surface area contributed by atoms with E-state index < -0.39 is 0 Å². The first kappa shape index (κ1) is 21.1. The molecule has 3 aliphatic carbocycles. The summed E-state index contributed by atoms with van der Waals surface area (Å²) in [4.78, 5) is 26.7. The van der Waals surface area contributed by atoms with Crippen molar-refractivity contribution >= 4 is 34.5 Å². The Hall–Kier alpha value is 0.360. The Labute approximate surface area is 180 Å². The first-order valence-corrected chi connectivity index (χ1v) is 14.3. The molecule has 0 aromatic heterocycles. The molecule has 3 fully saturated rings. The first-order valence-electron chi connectivity index (χ1n) is 9.65. The molecule has 26 heavy (non-hydrogen) atoms. The zero-order chi connectivity index (χ0) is 18.5. The number of carbonyl (C=O) groups excluding carboxylic acids is 2.